The SMILES string of the molecule is COC(=O)c1cc(OC)ccc1NC(=O)c1ccc(COc2ccccc2)cc1. The van der Waals surface area contributed by atoms with E-state index >= 15 is 0 Å². The van der Waals surface area contributed by atoms with E-state index in [2.05, 4.69) is 5.32 Å². The third-order valence-electron chi connectivity index (χ3n) is 4.25. The Hall–Kier alpha value is -3.80. The lowest BCUT2D eigenvalue weighted by molar-refractivity contribution is 0.0601. The maximum absolute atomic E-state index is 12.6. The summed E-state index contributed by atoms with van der Waals surface area (Å²) in [6, 6.07) is 21.4. The van der Waals surface area contributed by atoms with E-state index < -0.39 is 5.97 Å². The van der Waals surface area contributed by atoms with Gasteiger partial charge in [0.05, 0.1) is 25.5 Å². The zero-order valence-electron chi connectivity index (χ0n) is 16.2. The van der Waals surface area contributed by atoms with Crippen molar-refractivity contribution >= 4 is 17.6 Å². The largest absolute Gasteiger partial charge is 0.497 e. The maximum atomic E-state index is 12.6. The third-order valence-corrected chi connectivity index (χ3v) is 4.25. The zero-order valence-corrected chi connectivity index (χ0v) is 16.2. The Balaban J connectivity index is 1.69. The maximum Gasteiger partial charge on any atom is 0.340 e. The summed E-state index contributed by atoms with van der Waals surface area (Å²) in [7, 11) is 2.78. The molecule has 1 amide bonds. The van der Waals surface area contributed by atoms with Crippen LogP contribution in [0.1, 0.15) is 26.3 Å². The predicted molar refractivity (Wildman–Crippen MR) is 110 cm³/mol. The number of rotatable bonds is 7. The minimum absolute atomic E-state index is 0.216. The number of esters is 1. The highest BCUT2D eigenvalue weighted by molar-refractivity contribution is 6.08. The highest BCUT2D eigenvalue weighted by atomic mass is 16.5. The number of para-hydroxylation sites is 1. The van der Waals surface area contributed by atoms with E-state index in [1.165, 1.54) is 20.3 Å². The first-order valence-corrected chi connectivity index (χ1v) is 8.95. The van der Waals surface area contributed by atoms with E-state index in [-0.39, 0.29) is 11.5 Å². The van der Waals surface area contributed by atoms with Gasteiger partial charge in [-0.1, -0.05) is 30.3 Å². The Morgan fingerprint density at radius 2 is 1.59 bits per heavy atom. The number of carbonyl (C=O) groups excluding carboxylic acids is 2. The van der Waals surface area contributed by atoms with Crippen LogP contribution in [0.4, 0.5) is 5.69 Å². The predicted octanol–water partition coefficient (Wildman–Crippen LogP) is 4.31. The normalized spacial score (nSPS) is 10.1. The fourth-order valence-corrected chi connectivity index (χ4v) is 2.67. The summed E-state index contributed by atoms with van der Waals surface area (Å²) in [5.41, 5.74) is 1.96. The number of ether oxygens (including phenoxy) is 3. The summed E-state index contributed by atoms with van der Waals surface area (Å²) in [6.45, 7) is 0.400. The Morgan fingerprint density at radius 1 is 0.862 bits per heavy atom. The molecule has 0 saturated carbocycles. The van der Waals surface area contributed by atoms with E-state index in [4.69, 9.17) is 14.2 Å². The lowest BCUT2D eigenvalue weighted by Gasteiger charge is -2.12. The van der Waals surface area contributed by atoms with Gasteiger partial charge in [-0.2, -0.15) is 0 Å². The first kappa shape index (κ1) is 19.9. The smallest absolute Gasteiger partial charge is 0.340 e. The van der Waals surface area contributed by atoms with Crippen LogP contribution < -0.4 is 14.8 Å². The molecule has 0 heterocycles. The molecule has 3 aromatic carbocycles. The first-order chi connectivity index (χ1) is 14.1. The van der Waals surface area contributed by atoms with Gasteiger partial charge < -0.3 is 19.5 Å². The van der Waals surface area contributed by atoms with Crippen molar-refractivity contribution in [3.63, 3.8) is 0 Å². The van der Waals surface area contributed by atoms with Gasteiger partial charge in [0.25, 0.3) is 5.91 Å². The Morgan fingerprint density at radius 3 is 2.24 bits per heavy atom. The van der Waals surface area contributed by atoms with Gasteiger partial charge in [0.15, 0.2) is 0 Å². The molecule has 29 heavy (non-hydrogen) atoms. The van der Waals surface area contributed by atoms with Crippen molar-refractivity contribution in [2.75, 3.05) is 19.5 Å². The van der Waals surface area contributed by atoms with Crippen molar-refractivity contribution in [3.05, 3.63) is 89.5 Å². The topological polar surface area (TPSA) is 73.9 Å². The first-order valence-electron chi connectivity index (χ1n) is 8.95. The average molecular weight is 391 g/mol. The highest BCUT2D eigenvalue weighted by Crippen LogP contribution is 2.23. The second kappa shape index (κ2) is 9.41. The Kier molecular flexibility index (Phi) is 6.47. The molecule has 148 valence electrons. The third kappa shape index (κ3) is 5.13. The zero-order chi connectivity index (χ0) is 20.6. The van der Waals surface area contributed by atoms with Gasteiger partial charge in [-0.3, -0.25) is 4.79 Å². The number of methoxy groups -OCH3 is 2. The van der Waals surface area contributed by atoms with Crippen LogP contribution in [0.2, 0.25) is 0 Å². The van der Waals surface area contributed by atoms with E-state index in [1.54, 1.807) is 24.3 Å². The van der Waals surface area contributed by atoms with Crippen molar-refractivity contribution < 1.29 is 23.8 Å². The molecule has 0 aliphatic carbocycles. The molecule has 3 rings (SSSR count). The number of carbonyl (C=O) groups is 2. The van der Waals surface area contributed by atoms with Gasteiger partial charge in [-0.15, -0.1) is 0 Å². The number of nitrogens with one attached hydrogen (secondary N) is 1. The fraction of sp³-hybridized carbons (Fsp3) is 0.130. The lowest BCUT2D eigenvalue weighted by atomic mass is 10.1. The molecule has 0 spiro atoms. The van der Waals surface area contributed by atoms with Gasteiger partial charge in [0, 0.05) is 5.56 Å². The van der Waals surface area contributed by atoms with Crippen LogP contribution in [-0.4, -0.2) is 26.1 Å². The number of amides is 1. The molecule has 1 N–H and O–H groups in total. The number of anilines is 1. The summed E-state index contributed by atoms with van der Waals surface area (Å²) in [5.74, 6) is 0.374. The standard InChI is InChI=1S/C23H21NO5/c1-27-19-12-13-21(20(14-19)23(26)28-2)24-22(25)17-10-8-16(9-11-17)15-29-18-6-4-3-5-7-18/h3-14H,15H2,1-2H3,(H,24,25). The van der Waals surface area contributed by atoms with Crippen molar-refractivity contribution in [1.29, 1.82) is 0 Å². The Labute approximate surface area is 169 Å². The van der Waals surface area contributed by atoms with Crippen molar-refractivity contribution in [3.8, 4) is 11.5 Å². The number of hydrogen-bond donors (Lipinski definition) is 1. The quantitative estimate of drug-likeness (QED) is 0.608. The summed E-state index contributed by atoms with van der Waals surface area (Å²) < 4.78 is 15.6. The Bertz CT molecular complexity index is 984. The highest BCUT2D eigenvalue weighted by Gasteiger charge is 2.16. The molecule has 6 nitrogen and oxygen atoms in total. The van der Waals surface area contributed by atoms with Crippen molar-refractivity contribution in [2.24, 2.45) is 0 Å². The van der Waals surface area contributed by atoms with Crippen LogP contribution in [-0.2, 0) is 11.3 Å². The molecular weight excluding hydrogens is 370 g/mol. The summed E-state index contributed by atoms with van der Waals surface area (Å²) in [5, 5.41) is 2.74. The molecule has 0 unspecified atom stereocenters. The second-order valence-electron chi connectivity index (χ2n) is 6.16. The van der Waals surface area contributed by atoms with Crippen LogP contribution in [0.25, 0.3) is 0 Å². The van der Waals surface area contributed by atoms with Crippen LogP contribution in [0.15, 0.2) is 72.8 Å². The molecule has 0 aliphatic rings. The molecule has 6 heteroatoms. The molecule has 0 fully saturated rings. The molecule has 0 bridgehead atoms. The van der Waals surface area contributed by atoms with Gasteiger partial charge in [0.1, 0.15) is 18.1 Å². The van der Waals surface area contributed by atoms with Crippen LogP contribution in [0.5, 0.6) is 11.5 Å². The summed E-state index contributed by atoms with van der Waals surface area (Å²) in [4.78, 5) is 24.6. The molecule has 0 aliphatic heterocycles. The van der Waals surface area contributed by atoms with Gasteiger partial charge in [-0.05, 0) is 48.0 Å². The van der Waals surface area contributed by atoms with Crippen LogP contribution in [0.3, 0.4) is 0 Å². The molecule has 3 aromatic rings. The molecule has 0 atom stereocenters. The second-order valence-corrected chi connectivity index (χ2v) is 6.16. The monoisotopic (exact) mass is 391 g/mol. The minimum Gasteiger partial charge on any atom is -0.497 e. The fourth-order valence-electron chi connectivity index (χ4n) is 2.67. The van der Waals surface area contributed by atoms with Crippen molar-refractivity contribution in [2.45, 2.75) is 6.61 Å². The van der Waals surface area contributed by atoms with Crippen LogP contribution in [0, 0.1) is 0 Å². The van der Waals surface area contributed by atoms with E-state index in [0.717, 1.165) is 11.3 Å². The minimum atomic E-state index is -0.562. The van der Waals surface area contributed by atoms with E-state index in [1.807, 2.05) is 42.5 Å². The molecular formula is C23H21NO5. The molecule has 0 radical (unpaired) electrons. The summed E-state index contributed by atoms with van der Waals surface area (Å²) in [6.07, 6.45) is 0. The van der Waals surface area contributed by atoms with Gasteiger partial charge in [-0.25, -0.2) is 4.79 Å². The van der Waals surface area contributed by atoms with Crippen molar-refractivity contribution in [1.82, 2.24) is 0 Å². The van der Waals surface area contributed by atoms with Gasteiger partial charge in [0.2, 0.25) is 0 Å². The number of hydrogen-bond acceptors (Lipinski definition) is 5. The van der Waals surface area contributed by atoms with E-state index in [9.17, 15) is 9.59 Å². The van der Waals surface area contributed by atoms with Gasteiger partial charge >= 0.3 is 5.97 Å². The summed E-state index contributed by atoms with van der Waals surface area (Å²) >= 11 is 0. The van der Waals surface area contributed by atoms with E-state index in [0.29, 0.717) is 23.6 Å². The van der Waals surface area contributed by atoms with Crippen LogP contribution >= 0.6 is 0 Å². The number of benzene rings is 3. The molecule has 0 saturated heterocycles. The lowest BCUT2D eigenvalue weighted by Crippen LogP contribution is -2.15. The molecule has 0 aromatic heterocycles. The average Bonchev–Trinajstić information content (AvgIpc) is 2.78.